The highest BCUT2D eigenvalue weighted by Gasteiger charge is 2.30. The van der Waals surface area contributed by atoms with Gasteiger partial charge in [0.05, 0.1) is 23.5 Å². The number of hydrogen-bond acceptors (Lipinski definition) is 5. The van der Waals surface area contributed by atoms with Gasteiger partial charge >= 0.3 is 6.18 Å². The lowest BCUT2D eigenvalue weighted by Crippen LogP contribution is -2.43. The Kier molecular flexibility index (Phi) is 4.84. The fourth-order valence-corrected chi connectivity index (χ4v) is 3.40. The van der Waals surface area contributed by atoms with E-state index in [4.69, 9.17) is 0 Å². The number of rotatable bonds is 4. The van der Waals surface area contributed by atoms with Crippen LogP contribution < -0.4 is 15.5 Å². The van der Waals surface area contributed by atoms with Gasteiger partial charge in [-0.1, -0.05) is 12.1 Å². The molecule has 3 aromatic rings. The van der Waals surface area contributed by atoms with Crippen LogP contribution in [0.15, 0.2) is 42.9 Å². The van der Waals surface area contributed by atoms with Crippen LogP contribution in [0.25, 0.3) is 5.52 Å². The molecular weight excluding hydrogens is 369 g/mol. The molecule has 1 aliphatic rings. The Morgan fingerprint density at radius 1 is 1.18 bits per heavy atom. The van der Waals surface area contributed by atoms with Crippen molar-refractivity contribution in [3.05, 3.63) is 54.0 Å². The predicted molar refractivity (Wildman–Crippen MR) is 102 cm³/mol. The van der Waals surface area contributed by atoms with Crippen LogP contribution in [-0.2, 0) is 6.18 Å². The molecule has 28 heavy (non-hydrogen) atoms. The molecule has 148 valence electrons. The second kappa shape index (κ2) is 7.31. The summed E-state index contributed by atoms with van der Waals surface area (Å²) in [6.45, 7) is 5.49. The Labute approximate surface area is 160 Å². The monoisotopic (exact) mass is 390 g/mol. The number of benzene rings is 1. The smallest absolute Gasteiger partial charge is 0.368 e. The molecule has 0 unspecified atom stereocenters. The number of nitrogens with one attached hydrogen (secondary N) is 2. The van der Waals surface area contributed by atoms with E-state index < -0.39 is 11.7 Å². The summed E-state index contributed by atoms with van der Waals surface area (Å²) in [6.07, 6.45) is -0.976. The summed E-state index contributed by atoms with van der Waals surface area (Å²) in [7, 11) is 0. The van der Waals surface area contributed by atoms with Crippen LogP contribution in [-0.4, -0.2) is 40.8 Å². The summed E-state index contributed by atoms with van der Waals surface area (Å²) in [5, 5.41) is 10.8. The average molecular weight is 390 g/mol. The molecule has 0 radical (unpaired) electrons. The third kappa shape index (κ3) is 3.75. The zero-order valence-corrected chi connectivity index (χ0v) is 15.4. The minimum Gasteiger partial charge on any atom is -0.368 e. The lowest BCUT2D eigenvalue weighted by molar-refractivity contribution is -0.137. The van der Waals surface area contributed by atoms with Crippen molar-refractivity contribution in [1.82, 2.24) is 19.9 Å². The summed E-state index contributed by atoms with van der Waals surface area (Å²) in [5.41, 5.74) is 1.72. The Hall–Kier alpha value is -2.81. The maximum Gasteiger partial charge on any atom is 0.416 e. The maximum atomic E-state index is 13.0. The van der Waals surface area contributed by atoms with Crippen LogP contribution in [0.5, 0.6) is 0 Å². The van der Waals surface area contributed by atoms with Crippen molar-refractivity contribution in [3.8, 4) is 0 Å². The highest BCUT2D eigenvalue weighted by Crippen LogP contribution is 2.32. The van der Waals surface area contributed by atoms with Gasteiger partial charge in [-0.15, -0.1) is 0 Å². The Morgan fingerprint density at radius 3 is 2.71 bits per heavy atom. The quantitative estimate of drug-likeness (QED) is 0.716. The van der Waals surface area contributed by atoms with E-state index in [-0.39, 0.29) is 6.04 Å². The summed E-state index contributed by atoms with van der Waals surface area (Å²) < 4.78 is 40.7. The van der Waals surface area contributed by atoms with Crippen LogP contribution in [0.4, 0.5) is 24.7 Å². The lowest BCUT2D eigenvalue weighted by atomic mass is 10.0. The van der Waals surface area contributed by atoms with Gasteiger partial charge in [0.1, 0.15) is 11.8 Å². The van der Waals surface area contributed by atoms with E-state index in [1.807, 2.05) is 19.2 Å². The zero-order valence-electron chi connectivity index (χ0n) is 15.4. The van der Waals surface area contributed by atoms with E-state index >= 15 is 0 Å². The van der Waals surface area contributed by atoms with E-state index in [0.29, 0.717) is 11.4 Å². The molecule has 2 aromatic heterocycles. The first-order valence-corrected chi connectivity index (χ1v) is 9.14. The number of anilines is 2. The van der Waals surface area contributed by atoms with Gasteiger partial charge in [-0.3, -0.25) is 0 Å². The average Bonchev–Trinajstić information content (AvgIpc) is 3.13. The summed E-state index contributed by atoms with van der Waals surface area (Å²) in [6, 6.07) is 7.00. The summed E-state index contributed by atoms with van der Waals surface area (Å²) in [5.74, 6) is 0.585. The van der Waals surface area contributed by atoms with E-state index in [0.717, 1.165) is 43.4 Å². The molecule has 0 amide bonds. The molecule has 3 heterocycles. The minimum absolute atomic E-state index is 0.349. The molecule has 9 heteroatoms. The van der Waals surface area contributed by atoms with Crippen molar-refractivity contribution in [3.63, 3.8) is 0 Å². The van der Waals surface area contributed by atoms with Crippen molar-refractivity contribution in [2.45, 2.75) is 19.1 Å². The zero-order chi connectivity index (χ0) is 19.7. The van der Waals surface area contributed by atoms with Gasteiger partial charge in [0.25, 0.3) is 0 Å². The topological polar surface area (TPSA) is 57.5 Å². The molecule has 6 nitrogen and oxygen atoms in total. The molecule has 1 fully saturated rings. The largest absolute Gasteiger partial charge is 0.416 e. The Balaban J connectivity index is 1.60. The van der Waals surface area contributed by atoms with Crippen LogP contribution in [0, 0.1) is 0 Å². The number of nitrogens with zero attached hydrogens (tertiary/aromatic N) is 4. The van der Waals surface area contributed by atoms with Crippen molar-refractivity contribution in [2.24, 2.45) is 0 Å². The first-order chi connectivity index (χ1) is 13.4. The first kappa shape index (κ1) is 18.5. The number of halogens is 3. The first-order valence-electron chi connectivity index (χ1n) is 9.14. The van der Waals surface area contributed by atoms with Crippen molar-refractivity contribution in [2.75, 3.05) is 36.4 Å². The van der Waals surface area contributed by atoms with E-state index in [1.165, 1.54) is 18.5 Å². The van der Waals surface area contributed by atoms with E-state index in [1.54, 1.807) is 10.6 Å². The van der Waals surface area contributed by atoms with Gasteiger partial charge < -0.3 is 15.5 Å². The number of hydrogen-bond donors (Lipinski definition) is 2. The second-order valence-electron chi connectivity index (χ2n) is 6.86. The van der Waals surface area contributed by atoms with Crippen molar-refractivity contribution < 1.29 is 13.2 Å². The van der Waals surface area contributed by atoms with Crippen LogP contribution >= 0.6 is 0 Å². The molecule has 1 aromatic carbocycles. The third-order valence-electron chi connectivity index (χ3n) is 4.94. The van der Waals surface area contributed by atoms with Gasteiger partial charge in [0.15, 0.2) is 5.82 Å². The van der Waals surface area contributed by atoms with Gasteiger partial charge in [-0.25, -0.2) is 9.50 Å². The van der Waals surface area contributed by atoms with Gasteiger partial charge in [0.2, 0.25) is 0 Å². The van der Waals surface area contributed by atoms with Crippen molar-refractivity contribution in [1.29, 1.82) is 0 Å². The Bertz CT molecular complexity index is 962. The number of aromatic nitrogens is 3. The molecule has 4 rings (SSSR count). The summed E-state index contributed by atoms with van der Waals surface area (Å²) in [4.78, 5) is 6.57. The minimum atomic E-state index is -4.36. The molecule has 0 spiro atoms. The fraction of sp³-hybridized carbons (Fsp3) is 0.368. The van der Waals surface area contributed by atoms with Gasteiger partial charge in [-0.2, -0.15) is 18.3 Å². The molecule has 2 N–H and O–H groups in total. The molecule has 1 aliphatic heterocycles. The van der Waals surface area contributed by atoms with E-state index in [9.17, 15) is 13.2 Å². The lowest BCUT2D eigenvalue weighted by Gasteiger charge is -2.28. The standard InChI is InChI=1S/C19H21F3N6/c1-13(14-3-2-4-15(9-14)19(20,21)22)26-18-17-10-16(11-28(17)25-12-24-18)27-7-5-23-6-8-27/h2-4,9-13,23H,5-8H2,1H3,(H,24,25,26)/t13-/m1/s1. The second-order valence-corrected chi connectivity index (χ2v) is 6.86. The van der Waals surface area contributed by atoms with Gasteiger partial charge in [-0.05, 0) is 30.7 Å². The molecule has 1 saturated heterocycles. The SMILES string of the molecule is C[C@@H](Nc1ncnn2cc(N3CCNCC3)cc12)c1cccc(C(F)(F)F)c1. The van der Waals surface area contributed by atoms with E-state index in [2.05, 4.69) is 25.6 Å². The normalized spacial score (nSPS) is 16.4. The van der Waals surface area contributed by atoms with Crippen LogP contribution in [0.2, 0.25) is 0 Å². The highest BCUT2D eigenvalue weighted by molar-refractivity contribution is 5.73. The van der Waals surface area contributed by atoms with Crippen LogP contribution in [0.1, 0.15) is 24.1 Å². The number of piperazine rings is 1. The molecule has 0 saturated carbocycles. The molecule has 0 bridgehead atoms. The predicted octanol–water partition coefficient (Wildman–Crippen LogP) is 3.33. The number of fused-ring (bicyclic) bond motifs is 1. The maximum absolute atomic E-state index is 13.0. The summed E-state index contributed by atoms with van der Waals surface area (Å²) >= 11 is 0. The molecule has 1 atom stereocenters. The number of alkyl halides is 3. The van der Waals surface area contributed by atoms with Crippen molar-refractivity contribution >= 4 is 17.0 Å². The third-order valence-corrected chi connectivity index (χ3v) is 4.94. The fourth-order valence-electron chi connectivity index (χ4n) is 3.40. The van der Waals surface area contributed by atoms with Gasteiger partial charge in [0, 0.05) is 26.2 Å². The van der Waals surface area contributed by atoms with Crippen LogP contribution in [0.3, 0.4) is 0 Å². The molecule has 0 aliphatic carbocycles. The highest BCUT2D eigenvalue weighted by atomic mass is 19.4. The Morgan fingerprint density at radius 2 is 1.96 bits per heavy atom. The molecular formula is C19H21F3N6.